The number of likely N-dealkylation sites (N-methyl/N-ethyl adjacent to an activating group) is 1. The van der Waals surface area contributed by atoms with Crippen molar-refractivity contribution in [3.05, 3.63) is 17.7 Å². The van der Waals surface area contributed by atoms with Gasteiger partial charge < -0.3 is 15.4 Å². The number of hydrogen-bond acceptors (Lipinski definition) is 6. The molecular weight excluding hydrogens is 444 g/mol. The minimum atomic E-state index is -3.81. The number of aryl methyl sites for hydroxylation is 1. The molecule has 3 aliphatic heterocycles. The van der Waals surface area contributed by atoms with Gasteiger partial charge in [-0.1, -0.05) is 6.92 Å². The Morgan fingerprint density at radius 1 is 1.24 bits per heavy atom. The maximum atomic E-state index is 13.5. The molecule has 1 aromatic carbocycles. The SMILES string of the molecule is CCN1CCC[C@@H]1CNC(=O)[C@@H]1CCCN(S(=O)(=O)c2cc3c(cc2C)NC(=O)[C@H](C)O3)C1. The topological polar surface area (TPSA) is 108 Å². The summed E-state index contributed by atoms with van der Waals surface area (Å²) in [5.41, 5.74) is 0.998. The minimum absolute atomic E-state index is 0.0695. The first-order valence-electron chi connectivity index (χ1n) is 11.8. The van der Waals surface area contributed by atoms with Crippen molar-refractivity contribution in [3.8, 4) is 5.75 Å². The van der Waals surface area contributed by atoms with Gasteiger partial charge in [-0.15, -0.1) is 0 Å². The van der Waals surface area contributed by atoms with E-state index in [9.17, 15) is 18.0 Å². The van der Waals surface area contributed by atoms with Gasteiger partial charge in [-0.2, -0.15) is 4.31 Å². The second-order valence-electron chi connectivity index (χ2n) is 9.24. The number of sulfonamides is 1. The summed E-state index contributed by atoms with van der Waals surface area (Å²) in [6.07, 6.45) is 2.85. The summed E-state index contributed by atoms with van der Waals surface area (Å²) < 4.78 is 34.0. The number of carbonyl (C=O) groups excluding carboxylic acids is 2. The van der Waals surface area contributed by atoms with Gasteiger partial charge in [0, 0.05) is 31.7 Å². The molecular formula is C23H34N4O5S. The third kappa shape index (κ3) is 4.88. The lowest BCUT2D eigenvalue weighted by Crippen LogP contribution is -2.47. The van der Waals surface area contributed by atoms with E-state index in [4.69, 9.17) is 4.74 Å². The number of nitrogens with one attached hydrogen (secondary N) is 2. The van der Waals surface area contributed by atoms with Crippen LogP contribution < -0.4 is 15.4 Å². The lowest BCUT2D eigenvalue weighted by atomic mass is 9.98. The van der Waals surface area contributed by atoms with Gasteiger partial charge in [0.25, 0.3) is 5.91 Å². The van der Waals surface area contributed by atoms with Crippen molar-refractivity contribution < 1.29 is 22.7 Å². The van der Waals surface area contributed by atoms with Crippen LogP contribution in [0.1, 0.15) is 45.1 Å². The molecule has 0 radical (unpaired) electrons. The molecule has 2 saturated heterocycles. The van der Waals surface area contributed by atoms with Crippen molar-refractivity contribution in [2.75, 3.05) is 38.0 Å². The number of anilines is 1. The predicted octanol–water partition coefficient (Wildman–Crippen LogP) is 1.72. The summed E-state index contributed by atoms with van der Waals surface area (Å²) in [5.74, 6) is -0.352. The third-order valence-electron chi connectivity index (χ3n) is 7.00. The van der Waals surface area contributed by atoms with E-state index in [-0.39, 0.29) is 29.2 Å². The Hall–Kier alpha value is -2.17. The Balaban J connectivity index is 1.46. The van der Waals surface area contributed by atoms with Crippen molar-refractivity contribution in [1.82, 2.24) is 14.5 Å². The minimum Gasteiger partial charge on any atom is -0.479 e. The Morgan fingerprint density at radius 3 is 2.76 bits per heavy atom. The molecule has 0 unspecified atom stereocenters. The highest BCUT2D eigenvalue weighted by molar-refractivity contribution is 7.89. The monoisotopic (exact) mass is 478 g/mol. The van der Waals surface area contributed by atoms with Gasteiger partial charge in [-0.3, -0.25) is 14.5 Å². The number of nitrogens with zero attached hydrogens (tertiary/aromatic N) is 2. The zero-order valence-electron chi connectivity index (χ0n) is 19.6. The van der Waals surface area contributed by atoms with Crippen molar-refractivity contribution >= 4 is 27.5 Å². The molecule has 182 valence electrons. The van der Waals surface area contributed by atoms with Crippen LogP contribution >= 0.6 is 0 Å². The highest BCUT2D eigenvalue weighted by Crippen LogP contribution is 2.36. The second-order valence-corrected chi connectivity index (χ2v) is 11.1. The summed E-state index contributed by atoms with van der Waals surface area (Å²) in [6, 6.07) is 3.48. The normalized spacial score (nSPS) is 26.4. The van der Waals surface area contributed by atoms with Gasteiger partial charge in [-0.25, -0.2) is 8.42 Å². The van der Waals surface area contributed by atoms with E-state index in [1.165, 1.54) is 10.4 Å². The number of likely N-dealkylation sites (tertiary alicyclic amines) is 1. The molecule has 4 rings (SSSR count). The molecule has 33 heavy (non-hydrogen) atoms. The van der Waals surface area contributed by atoms with E-state index in [2.05, 4.69) is 22.5 Å². The molecule has 3 atom stereocenters. The van der Waals surface area contributed by atoms with Crippen LogP contribution in [0.15, 0.2) is 17.0 Å². The smallest absolute Gasteiger partial charge is 0.265 e. The summed E-state index contributed by atoms with van der Waals surface area (Å²) in [6.45, 7) is 8.65. The van der Waals surface area contributed by atoms with Crippen molar-refractivity contribution in [2.45, 2.75) is 63.5 Å². The fourth-order valence-corrected chi connectivity index (χ4v) is 6.79. The van der Waals surface area contributed by atoms with Crippen LogP contribution in [0.4, 0.5) is 5.69 Å². The largest absolute Gasteiger partial charge is 0.479 e. The third-order valence-corrected chi connectivity index (χ3v) is 9.01. The highest BCUT2D eigenvalue weighted by atomic mass is 32.2. The van der Waals surface area contributed by atoms with Gasteiger partial charge in [0.15, 0.2) is 6.10 Å². The zero-order chi connectivity index (χ0) is 23.8. The van der Waals surface area contributed by atoms with Crippen LogP contribution in [0.25, 0.3) is 0 Å². The number of piperidine rings is 1. The van der Waals surface area contributed by atoms with Crippen LogP contribution in [-0.4, -0.2) is 74.3 Å². The molecule has 0 spiro atoms. The molecule has 1 aromatic rings. The average molecular weight is 479 g/mol. The van der Waals surface area contributed by atoms with Crippen molar-refractivity contribution in [1.29, 1.82) is 0 Å². The van der Waals surface area contributed by atoms with E-state index in [1.54, 1.807) is 19.9 Å². The number of carbonyl (C=O) groups is 2. The summed E-state index contributed by atoms with van der Waals surface area (Å²) in [5, 5.41) is 5.82. The summed E-state index contributed by atoms with van der Waals surface area (Å²) in [7, 11) is -3.81. The highest BCUT2D eigenvalue weighted by Gasteiger charge is 2.36. The molecule has 0 saturated carbocycles. The molecule has 0 bridgehead atoms. The average Bonchev–Trinajstić information content (AvgIpc) is 3.26. The molecule has 3 heterocycles. The zero-order valence-corrected chi connectivity index (χ0v) is 20.4. The van der Waals surface area contributed by atoms with Gasteiger partial charge >= 0.3 is 0 Å². The first kappa shape index (κ1) is 24.0. The van der Waals surface area contributed by atoms with Crippen LogP contribution in [0.5, 0.6) is 5.75 Å². The van der Waals surface area contributed by atoms with Gasteiger partial charge in [0.1, 0.15) is 5.75 Å². The number of hydrogen-bond donors (Lipinski definition) is 2. The number of ether oxygens (including phenoxy) is 1. The molecule has 2 N–H and O–H groups in total. The van der Waals surface area contributed by atoms with Crippen LogP contribution in [0.3, 0.4) is 0 Å². The number of fused-ring (bicyclic) bond motifs is 1. The molecule has 3 aliphatic rings. The fourth-order valence-electron chi connectivity index (χ4n) is 5.04. The van der Waals surface area contributed by atoms with E-state index in [0.717, 1.165) is 25.9 Å². The lowest BCUT2D eigenvalue weighted by Gasteiger charge is -2.32. The molecule has 0 aliphatic carbocycles. The molecule has 2 amide bonds. The Morgan fingerprint density at radius 2 is 2.00 bits per heavy atom. The van der Waals surface area contributed by atoms with Crippen molar-refractivity contribution in [3.63, 3.8) is 0 Å². The first-order chi connectivity index (χ1) is 15.7. The number of amides is 2. The van der Waals surface area contributed by atoms with Crippen LogP contribution in [0.2, 0.25) is 0 Å². The van der Waals surface area contributed by atoms with Crippen LogP contribution in [-0.2, 0) is 19.6 Å². The molecule has 0 aromatic heterocycles. The van der Waals surface area contributed by atoms with Gasteiger partial charge in [0.05, 0.1) is 16.5 Å². The number of benzene rings is 1. The van der Waals surface area contributed by atoms with E-state index >= 15 is 0 Å². The van der Waals surface area contributed by atoms with E-state index in [1.807, 2.05) is 0 Å². The summed E-state index contributed by atoms with van der Waals surface area (Å²) in [4.78, 5) is 27.3. The van der Waals surface area contributed by atoms with E-state index < -0.39 is 16.1 Å². The van der Waals surface area contributed by atoms with Crippen molar-refractivity contribution in [2.24, 2.45) is 5.92 Å². The number of rotatable bonds is 6. The Bertz CT molecular complexity index is 1030. The van der Waals surface area contributed by atoms with E-state index in [0.29, 0.717) is 49.0 Å². The van der Waals surface area contributed by atoms with Gasteiger partial charge in [-0.05, 0) is 64.3 Å². The Labute approximate surface area is 195 Å². The first-order valence-corrected chi connectivity index (χ1v) is 13.3. The maximum absolute atomic E-state index is 13.5. The van der Waals surface area contributed by atoms with Gasteiger partial charge in [0.2, 0.25) is 15.9 Å². The Kier molecular flexibility index (Phi) is 6.97. The quantitative estimate of drug-likeness (QED) is 0.645. The summed E-state index contributed by atoms with van der Waals surface area (Å²) >= 11 is 0. The standard InChI is InChI=1S/C23H34N4O5S/c1-4-26-9-6-8-18(26)13-24-23(29)17-7-5-10-27(14-17)33(30,31)21-12-20-19(11-15(21)2)25-22(28)16(3)32-20/h11-12,16-18H,4-10,13-14H2,1-3H3,(H,24,29)(H,25,28)/t16-,17+,18+/m0/s1. The lowest BCUT2D eigenvalue weighted by molar-refractivity contribution is -0.126. The second kappa shape index (κ2) is 9.60. The van der Waals surface area contributed by atoms with Crippen LogP contribution in [0, 0.1) is 12.8 Å². The predicted molar refractivity (Wildman–Crippen MR) is 125 cm³/mol. The maximum Gasteiger partial charge on any atom is 0.265 e. The molecule has 10 heteroatoms. The molecule has 9 nitrogen and oxygen atoms in total. The fraction of sp³-hybridized carbons (Fsp3) is 0.652. The molecule has 2 fully saturated rings.